The molecule has 6 rings (SSSR count). The first-order valence-electron chi connectivity index (χ1n) is 12.5. The van der Waals surface area contributed by atoms with Crippen LogP contribution in [0, 0.1) is 18.7 Å². The molecule has 2 aliphatic rings. The number of alkyl halides is 3. The van der Waals surface area contributed by atoms with Gasteiger partial charge in [-0.05, 0) is 71.8 Å². The van der Waals surface area contributed by atoms with E-state index in [4.69, 9.17) is 9.63 Å². The molecule has 3 aromatic carbocycles. The Bertz CT molecular complexity index is 1600. The maximum Gasteiger partial charge on any atom is 0.419 e. The fourth-order valence-corrected chi connectivity index (χ4v) is 5.50. The van der Waals surface area contributed by atoms with Gasteiger partial charge in [-0.25, -0.2) is 4.39 Å². The maximum absolute atomic E-state index is 14.1. The van der Waals surface area contributed by atoms with Crippen molar-refractivity contribution in [3.8, 4) is 34.0 Å². The average molecular weight is 574 g/mol. The summed E-state index contributed by atoms with van der Waals surface area (Å²) in [4.78, 5) is 17.9. The van der Waals surface area contributed by atoms with E-state index in [1.54, 1.807) is 19.1 Å². The summed E-state index contributed by atoms with van der Waals surface area (Å²) < 4.78 is 60.2. The van der Waals surface area contributed by atoms with Crippen molar-refractivity contribution in [3.05, 3.63) is 82.7 Å². The number of rotatable bonds is 5. The van der Waals surface area contributed by atoms with E-state index in [1.165, 1.54) is 23.8 Å². The minimum absolute atomic E-state index is 0. The number of fused-ring (bicyclic) bond motifs is 1. The van der Waals surface area contributed by atoms with Gasteiger partial charge in [0.1, 0.15) is 5.82 Å². The SMILES string of the molecule is Cc1cc(-c2nc(-c3ccc4c(c3)CN(C3CC(C(=O)O)C3)C4)no2)ccc1-c1cccc(F)c1C(F)(F)F.Cl. The third-order valence-corrected chi connectivity index (χ3v) is 7.68. The second-order valence-electron chi connectivity index (χ2n) is 10.2. The van der Waals surface area contributed by atoms with Crippen LogP contribution in [-0.2, 0) is 24.1 Å². The Morgan fingerprint density at radius 3 is 2.42 bits per heavy atom. The Kier molecular flexibility index (Phi) is 7.18. The lowest BCUT2D eigenvalue weighted by molar-refractivity contribution is -0.147. The van der Waals surface area contributed by atoms with Crippen molar-refractivity contribution in [2.45, 2.75) is 45.1 Å². The molecule has 1 saturated carbocycles. The number of nitrogens with zero attached hydrogens (tertiary/aromatic N) is 3. The number of carbonyl (C=O) groups is 1. The van der Waals surface area contributed by atoms with Crippen LogP contribution in [0.2, 0.25) is 0 Å². The van der Waals surface area contributed by atoms with Crippen LogP contribution in [0.15, 0.2) is 59.1 Å². The van der Waals surface area contributed by atoms with Crippen LogP contribution in [0.5, 0.6) is 0 Å². The van der Waals surface area contributed by atoms with E-state index in [2.05, 4.69) is 15.0 Å². The summed E-state index contributed by atoms with van der Waals surface area (Å²) in [5, 5.41) is 13.3. The van der Waals surface area contributed by atoms with Crippen molar-refractivity contribution >= 4 is 18.4 Å². The average Bonchev–Trinajstić information content (AvgIpc) is 3.49. The van der Waals surface area contributed by atoms with Gasteiger partial charge in [-0.2, -0.15) is 18.2 Å². The van der Waals surface area contributed by atoms with E-state index >= 15 is 0 Å². The largest absolute Gasteiger partial charge is 0.481 e. The summed E-state index contributed by atoms with van der Waals surface area (Å²) in [6.07, 6.45) is -3.50. The van der Waals surface area contributed by atoms with E-state index in [0.717, 1.165) is 30.3 Å². The van der Waals surface area contributed by atoms with Gasteiger partial charge in [-0.1, -0.05) is 35.5 Å². The number of carboxylic acids is 1. The molecule has 0 bridgehead atoms. The predicted molar refractivity (Wildman–Crippen MR) is 141 cm³/mol. The molecular weight excluding hydrogens is 550 g/mol. The van der Waals surface area contributed by atoms with Gasteiger partial charge in [0, 0.05) is 30.3 Å². The fourth-order valence-electron chi connectivity index (χ4n) is 5.50. The Balaban J connectivity index is 0.00000323. The van der Waals surface area contributed by atoms with Gasteiger partial charge in [0.05, 0.1) is 11.5 Å². The Morgan fingerprint density at radius 1 is 1.00 bits per heavy atom. The van der Waals surface area contributed by atoms with Crippen molar-refractivity contribution < 1.29 is 32.0 Å². The second-order valence-corrected chi connectivity index (χ2v) is 10.2. The van der Waals surface area contributed by atoms with E-state index in [0.29, 0.717) is 29.8 Å². The number of benzene rings is 3. The van der Waals surface area contributed by atoms with Gasteiger partial charge < -0.3 is 9.63 Å². The van der Waals surface area contributed by atoms with Gasteiger partial charge >= 0.3 is 12.1 Å². The number of halogens is 5. The summed E-state index contributed by atoms with van der Waals surface area (Å²) in [7, 11) is 0. The lowest BCUT2D eigenvalue weighted by Gasteiger charge is -2.39. The van der Waals surface area contributed by atoms with Crippen LogP contribution >= 0.6 is 12.4 Å². The zero-order valence-corrected chi connectivity index (χ0v) is 22.0. The molecule has 0 atom stereocenters. The minimum Gasteiger partial charge on any atom is -0.481 e. The van der Waals surface area contributed by atoms with Crippen molar-refractivity contribution in [1.82, 2.24) is 15.0 Å². The Hall–Kier alpha value is -3.76. The zero-order chi connectivity index (χ0) is 27.5. The highest BCUT2D eigenvalue weighted by atomic mass is 35.5. The van der Waals surface area contributed by atoms with E-state index in [-0.39, 0.29) is 41.4 Å². The number of aryl methyl sites for hydroxylation is 1. The van der Waals surface area contributed by atoms with Crippen molar-refractivity contribution in [2.75, 3.05) is 0 Å². The molecule has 0 spiro atoms. The van der Waals surface area contributed by atoms with Crippen LogP contribution in [0.4, 0.5) is 17.6 Å². The highest BCUT2D eigenvalue weighted by Gasteiger charge is 2.40. The Labute approximate surface area is 233 Å². The number of carboxylic acid groups (broad SMARTS) is 1. The lowest BCUT2D eigenvalue weighted by atomic mass is 9.79. The molecule has 0 amide bonds. The number of hydrogen-bond donors (Lipinski definition) is 1. The summed E-state index contributed by atoms with van der Waals surface area (Å²) in [5.74, 6) is -1.72. The molecule has 1 aliphatic heterocycles. The molecule has 1 aliphatic carbocycles. The quantitative estimate of drug-likeness (QED) is 0.256. The highest BCUT2D eigenvalue weighted by molar-refractivity contribution is 5.85. The van der Waals surface area contributed by atoms with Gasteiger partial charge in [-0.15, -0.1) is 12.4 Å². The number of aromatic nitrogens is 2. The smallest absolute Gasteiger partial charge is 0.419 e. The molecule has 1 aromatic heterocycles. The van der Waals surface area contributed by atoms with Crippen LogP contribution in [-0.4, -0.2) is 32.2 Å². The van der Waals surface area contributed by atoms with Crippen molar-refractivity contribution in [2.24, 2.45) is 5.92 Å². The van der Waals surface area contributed by atoms with E-state index in [9.17, 15) is 22.4 Å². The molecule has 40 heavy (non-hydrogen) atoms. The molecule has 0 saturated heterocycles. The molecule has 11 heteroatoms. The standard InChI is InChI=1S/C29H23F4N3O3.ClH/c1-15-9-17(7-8-22(15)23-3-2-4-24(30)25(23)29(31,32)33)27-34-26(35-39-27)16-5-6-18-13-36(14-20(18)10-16)21-11-19(12-21)28(37)38;/h2-10,19,21H,11-14H2,1H3,(H,37,38);1H. The van der Waals surface area contributed by atoms with Gasteiger partial charge in [-0.3, -0.25) is 9.69 Å². The predicted octanol–water partition coefficient (Wildman–Crippen LogP) is 7.14. The first kappa shape index (κ1) is 27.8. The lowest BCUT2D eigenvalue weighted by Crippen LogP contribution is -2.44. The van der Waals surface area contributed by atoms with Crippen molar-refractivity contribution in [1.29, 1.82) is 0 Å². The molecular formula is C29H24ClF4N3O3. The molecule has 6 nitrogen and oxygen atoms in total. The normalized spacial score (nSPS) is 18.6. The van der Waals surface area contributed by atoms with Gasteiger partial charge in [0.15, 0.2) is 0 Å². The van der Waals surface area contributed by atoms with Gasteiger partial charge in [0.2, 0.25) is 5.82 Å². The Morgan fingerprint density at radius 2 is 1.73 bits per heavy atom. The second kappa shape index (κ2) is 10.3. The molecule has 208 valence electrons. The molecule has 0 unspecified atom stereocenters. The van der Waals surface area contributed by atoms with Crippen LogP contribution in [0.25, 0.3) is 34.0 Å². The maximum atomic E-state index is 14.1. The zero-order valence-electron chi connectivity index (χ0n) is 21.2. The number of aliphatic carboxylic acids is 1. The summed E-state index contributed by atoms with van der Waals surface area (Å²) in [5.41, 5.74) is 2.85. The van der Waals surface area contributed by atoms with Crippen LogP contribution in [0.3, 0.4) is 0 Å². The van der Waals surface area contributed by atoms with E-state index < -0.39 is 23.5 Å². The first-order chi connectivity index (χ1) is 18.6. The van der Waals surface area contributed by atoms with Crippen LogP contribution in [0.1, 0.15) is 35.1 Å². The topological polar surface area (TPSA) is 79.5 Å². The van der Waals surface area contributed by atoms with E-state index in [1.807, 2.05) is 18.2 Å². The fraction of sp³-hybridized carbons (Fsp3) is 0.276. The molecule has 1 N–H and O–H groups in total. The van der Waals surface area contributed by atoms with Gasteiger partial charge in [0.25, 0.3) is 5.89 Å². The highest BCUT2D eigenvalue weighted by Crippen LogP contribution is 2.41. The monoisotopic (exact) mass is 573 g/mol. The molecule has 1 fully saturated rings. The number of hydrogen-bond acceptors (Lipinski definition) is 5. The molecule has 2 heterocycles. The summed E-state index contributed by atoms with van der Waals surface area (Å²) >= 11 is 0. The molecule has 4 aromatic rings. The van der Waals surface area contributed by atoms with Crippen molar-refractivity contribution in [3.63, 3.8) is 0 Å². The van der Waals surface area contributed by atoms with Crippen LogP contribution < -0.4 is 0 Å². The third kappa shape index (κ3) is 4.97. The summed E-state index contributed by atoms with van der Waals surface area (Å²) in [6, 6.07) is 14.2. The molecule has 0 radical (unpaired) electrons. The summed E-state index contributed by atoms with van der Waals surface area (Å²) in [6.45, 7) is 3.15. The third-order valence-electron chi connectivity index (χ3n) is 7.68. The minimum atomic E-state index is -4.83. The first-order valence-corrected chi connectivity index (χ1v) is 12.5.